The molecule has 1 aromatic carbocycles. The summed E-state index contributed by atoms with van der Waals surface area (Å²) in [7, 11) is -3.90. The van der Waals surface area contributed by atoms with Crippen LogP contribution in [0.4, 0.5) is 10.1 Å². The zero-order chi connectivity index (χ0) is 15.6. The largest absolute Gasteiger partial charge is 0.376 e. The van der Waals surface area contributed by atoms with Crippen molar-refractivity contribution >= 4 is 15.7 Å². The Bertz CT molecular complexity index is 575. The second-order valence-corrected chi connectivity index (χ2v) is 7.24. The summed E-state index contributed by atoms with van der Waals surface area (Å²) in [6.45, 7) is 6.34. The van der Waals surface area contributed by atoms with E-state index in [1.165, 1.54) is 12.1 Å². The van der Waals surface area contributed by atoms with E-state index in [0.717, 1.165) is 12.5 Å². The quantitative estimate of drug-likeness (QED) is 0.744. The predicted octanol–water partition coefficient (Wildman–Crippen LogP) is 1.65. The highest BCUT2D eigenvalue weighted by molar-refractivity contribution is 7.89. The Morgan fingerprint density at radius 2 is 2.00 bits per heavy atom. The molecule has 0 saturated heterocycles. The van der Waals surface area contributed by atoms with E-state index in [0.29, 0.717) is 12.5 Å². The van der Waals surface area contributed by atoms with Gasteiger partial charge in [0.2, 0.25) is 10.0 Å². The van der Waals surface area contributed by atoms with Gasteiger partial charge in [0, 0.05) is 12.1 Å². The van der Waals surface area contributed by atoms with Crippen LogP contribution in [0.5, 0.6) is 0 Å². The molecule has 0 spiro atoms. The molecule has 0 fully saturated rings. The minimum Gasteiger partial charge on any atom is -0.376 e. The minimum absolute atomic E-state index is 0.214. The van der Waals surface area contributed by atoms with Crippen molar-refractivity contribution in [2.45, 2.75) is 37.6 Å². The van der Waals surface area contributed by atoms with E-state index in [2.05, 4.69) is 19.2 Å². The normalized spacial score (nSPS) is 15.2. The van der Waals surface area contributed by atoms with Crippen LogP contribution in [-0.2, 0) is 10.0 Å². The molecular weight excluding hydrogens is 281 g/mol. The zero-order valence-electron chi connectivity index (χ0n) is 12.0. The average Bonchev–Trinajstić information content (AvgIpc) is 2.29. The van der Waals surface area contributed by atoms with Gasteiger partial charge in [-0.3, -0.25) is 0 Å². The van der Waals surface area contributed by atoms with E-state index in [1.807, 2.05) is 6.92 Å². The second kappa shape index (κ2) is 6.07. The summed E-state index contributed by atoms with van der Waals surface area (Å²) in [5.74, 6) is -0.275. The van der Waals surface area contributed by atoms with Gasteiger partial charge in [-0.05, 0) is 37.5 Å². The van der Waals surface area contributed by atoms with E-state index in [4.69, 9.17) is 10.9 Å². The van der Waals surface area contributed by atoms with Gasteiger partial charge in [0.15, 0.2) is 0 Å². The summed E-state index contributed by atoms with van der Waals surface area (Å²) in [6, 6.07) is 3.54. The first-order chi connectivity index (χ1) is 9.07. The van der Waals surface area contributed by atoms with Gasteiger partial charge in [-0.2, -0.15) is 0 Å². The first kappa shape index (κ1) is 16.9. The average molecular weight is 303 g/mol. The fraction of sp³-hybridized carbons (Fsp3) is 0.538. The van der Waals surface area contributed by atoms with Crippen molar-refractivity contribution in [2.24, 2.45) is 16.8 Å². The monoisotopic (exact) mass is 303 g/mol. The molecule has 0 aliphatic carbocycles. The van der Waals surface area contributed by atoms with E-state index in [1.54, 1.807) is 0 Å². The second-order valence-electron chi connectivity index (χ2n) is 5.67. The molecule has 1 atom stereocenters. The molecule has 0 aromatic heterocycles. The van der Waals surface area contributed by atoms with Crippen LogP contribution >= 0.6 is 0 Å². The van der Waals surface area contributed by atoms with Gasteiger partial charge >= 0.3 is 0 Å². The van der Waals surface area contributed by atoms with Gasteiger partial charge < -0.3 is 11.1 Å². The number of primary sulfonamides is 1. The summed E-state index contributed by atoms with van der Waals surface area (Å²) >= 11 is 0. The maximum Gasteiger partial charge on any atom is 0.238 e. The Labute approximate surface area is 119 Å². The SMILES string of the molecule is CC(C)CC(C)(CN)Nc1ccc(S(N)(=O)=O)cc1F. The van der Waals surface area contributed by atoms with Crippen molar-refractivity contribution in [2.75, 3.05) is 11.9 Å². The molecule has 5 nitrogen and oxygen atoms in total. The summed E-state index contributed by atoms with van der Waals surface area (Å²) in [5, 5.41) is 8.01. The summed E-state index contributed by atoms with van der Waals surface area (Å²) < 4.78 is 36.3. The number of hydrogen-bond acceptors (Lipinski definition) is 4. The molecule has 0 saturated carbocycles. The first-order valence-corrected chi connectivity index (χ1v) is 7.92. The van der Waals surface area contributed by atoms with Crippen molar-refractivity contribution in [3.63, 3.8) is 0 Å². The van der Waals surface area contributed by atoms with Crippen LogP contribution in [0.15, 0.2) is 23.1 Å². The third-order valence-corrected chi connectivity index (χ3v) is 3.93. The third kappa shape index (κ3) is 4.43. The first-order valence-electron chi connectivity index (χ1n) is 6.38. The number of nitrogens with two attached hydrogens (primary N) is 2. The molecule has 114 valence electrons. The number of hydrogen-bond donors (Lipinski definition) is 3. The molecule has 0 aliphatic rings. The Morgan fingerprint density at radius 1 is 1.40 bits per heavy atom. The molecular formula is C13H22FN3O2S. The van der Waals surface area contributed by atoms with Crippen LogP contribution in [0.2, 0.25) is 0 Å². The molecule has 5 N–H and O–H groups in total. The lowest BCUT2D eigenvalue weighted by Crippen LogP contribution is -2.43. The lowest BCUT2D eigenvalue weighted by atomic mass is 9.90. The lowest BCUT2D eigenvalue weighted by molar-refractivity contribution is 0.405. The van der Waals surface area contributed by atoms with Crippen LogP contribution in [0, 0.1) is 11.7 Å². The van der Waals surface area contributed by atoms with E-state index in [9.17, 15) is 12.8 Å². The zero-order valence-corrected chi connectivity index (χ0v) is 12.8. The molecule has 20 heavy (non-hydrogen) atoms. The standard InChI is InChI=1S/C13H22FN3O2S/c1-9(2)7-13(3,8-15)17-12-5-4-10(6-11(12)14)20(16,18)19/h4-6,9,17H,7-8,15H2,1-3H3,(H2,16,18,19). The Hall–Kier alpha value is -1.18. The van der Waals surface area contributed by atoms with Crippen LogP contribution in [0.1, 0.15) is 27.2 Å². The molecule has 1 unspecified atom stereocenters. The molecule has 0 heterocycles. The third-order valence-electron chi connectivity index (χ3n) is 3.01. The number of rotatable bonds is 6. The number of sulfonamides is 1. The van der Waals surface area contributed by atoms with Gasteiger partial charge in [-0.25, -0.2) is 17.9 Å². The maximum absolute atomic E-state index is 14.0. The number of anilines is 1. The van der Waals surface area contributed by atoms with Crippen molar-refractivity contribution in [1.82, 2.24) is 0 Å². The Balaban J connectivity index is 3.04. The number of nitrogens with one attached hydrogen (secondary N) is 1. The van der Waals surface area contributed by atoms with Gasteiger partial charge in [-0.1, -0.05) is 13.8 Å². The fourth-order valence-electron chi connectivity index (χ4n) is 2.19. The fourth-order valence-corrected chi connectivity index (χ4v) is 2.71. The van der Waals surface area contributed by atoms with Gasteiger partial charge in [0.1, 0.15) is 5.82 Å². The van der Waals surface area contributed by atoms with Gasteiger partial charge in [0.25, 0.3) is 0 Å². The maximum atomic E-state index is 14.0. The van der Waals surface area contributed by atoms with Crippen molar-refractivity contribution < 1.29 is 12.8 Å². The highest BCUT2D eigenvalue weighted by Gasteiger charge is 2.25. The van der Waals surface area contributed by atoms with Gasteiger partial charge in [-0.15, -0.1) is 0 Å². The van der Waals surface area contributed by atoms with E-state index >= 15 is 0 Å². The summed E-state index contributed by atoms with van der Waals surface area (Å²) in [6.07, 6.45) is 0.764. The van der Waals surface area contributed by atoms with Crippen molar-refractivity contribution in [3.05, 3.63) is 24.0 Å². The van der Waals surface area contributed by atoms with E-state index in [-0.39, 0.29) is 10.6 Å². The van der Waals surface area contributed by atoms with Crippen LogP contribution in [0.25, 0.3) is 0 Å². The summed E-state index contributed by atoms with van der Waals surface area (Å²) in [4.78, 5) is -0.251. The molecule has 0 bridgehead atoms. The van der Waals surface area contributed by atoms with Crippen molar-refractivity contribution in [3.8, 4) is 0 Å². The van der Waals surface area contributed by atoms with Crippen LogP contribution in [-0.4, -0.2) is 20.5 Å². The highest BCUT2D eigenvalue weighted by atomic mass is 32.2. The molecule has 0 aliphatic heterocycles. The number of halogens is 1. The summed E-state index contributed by atoms with van der Waals surface area (Å²) in [5.41, 5.74) is 5.51. The molecule has 0 amide bonds. The minimum atomic E-state index is -3.90. The molecule has 7 heteroatoms. The molecule has 1 aromatic rings. The number of benzene rings is 1. The lowest BCUT2D eigenvalue weighted by Gasteiger charge is -2.32. The predicted molar refractivity (Wildman–Crippen MR) is 78.3 cm³/mol. The Morgan fingerprint density at radius 3 is 2.40 bits per heavy atom. The molecule has 0 radical (unpaired) electrons. The van der Waals surface area contributed by atoms with E-state index < -0.39 is 21.4 Å². The Kier molecular flexibility index (Phi) is 5.12. The molecule has 1 rings (SSSR count). The smallest absolute Gasteiger partial charge is 0.238 e. The highest BCUT2D eigenvalue weighted by Crippen LogP contribution is 2.25. The van der Waals surface area contributed by atoms with Gasteiger partial charge in [0.05, 0.1) is 10.6 Å². The van der Waals surface area contributed by atoms with Crippen LogP contribution < -0.4 is 16.2 Å². The van der Waals surface area contributed by atoms with Crippen molar-refractivity contribution in [1.29, 1.82) is 0 Å². The topological polar surface area (TPSA) is 98.2 Å². The van der Waals surface area contributed by atoms with Crippen LogP contribution in [0.3, 0.4) is 0 Å².